The Morgan fingerprint density at radius 1 is 1.04 bits per heavy atom. The third-order valence-corrected chi connectivity index (χ3v) is 3.88. The molecular formula is C19H25N5O4. The zero-order valence-electron chi connectivity index (χ0n) is 15.6. The summed E-state index contributed by atoms with van der Waals surface area (Å²) in [5, 5.41) is 5.13. The van der Waals surface area contributed by atoms with Crippen molar-refractivity contribution in [3.05, 3.63) is 53.6 Å². The summed E-state index contributed by atoms with van der Waals surface area (Å²) in [6.07, 6.45) is 3.86. The number of rotatable bonds is 11. The molecule has 0 spiro atoms. The van der Waals surface area contributed by atoms with Crippen molar-refractivity contribution >= 4 is 17.8 Å². The van der Waals surface area contributed by atoms with E-state index >= 15 is 0 Å². The number of H-pyrrole nitrogens is 1. The van der Waals surface area contributed by atoms with Gasteiger partial charge in [0, 0.05) is 6.54 Å². The number of amides is 2. The first-order valence-electron chi connectivity index (χ1n) is 9.11. The van der Waals surface area contributed by atoms with Crippen molar-refractivity contribution in [1.82, 2.24) is 20.6 Å². The van der Waals surface area contributed by atoms with E-state index in [2.05, 4.69) is 20.6 Å². The molecule has 1 aromatic carbocycles. The second-order valence-electron chi connectivity index (χ2n) is 6.06. The molecule has 1 heterocycles. The summed E-state index contributed by atoms with van der Waals surface area (Å²) in [6, 6.07) is 9.21. The molecule has 150 valence electrons. The molecule has 2 amide bonds. The molecule has 2 aromatic rings. The van der Waals surface area contributed by atoms with Gasteiger partial charge in [0.15, 0.2) is 5.69 Å². The zero-order valence-corrected chi connectivity index (χ0v) is 15.6. The number of hydrogen-bond acceptors (Lipinski definition) is 6. The number of carbonyl (C=O) groups is 3. The molecule has 0 fully saturated rings. The number of ether oxygens (including phenoxy) is 1. The fraction of sp³-hybridized carbons (Fsp3) is 0.368. The van der Waals surface area contributed by atoms with Gasteiger partial charge in [-0.3, -0.25) is 14.4 Å². The van der Waals surface area contributed by atoms with E-state index in [1.807, 2.05) is 30.3 Å². The van der Waals surface area contributed by atoms with E-state index in [1.54, 1.807) is 0 Å². The van der Waals surface area contributed by atoms with Crippen LogP contribution in [0.15, 0.2) is 36.7 Å². The Morgan fingerprint density at radius 2 is 1.82 bits per heavy atom. The summed E-state index contributed by atoms with van der Waals surface area (Å²) >= 11 is 0. The predicted octanol–water partition coefficient (Wildman–Crippen LogP) is 0.742. The molecule has 0 aliphatic heterocycles. The minimum absolute atomic E-state index is 0.00434. The lowest BCUT2D eigenvalue weighted by atomic mass is 10.2. The SMILES string of the molecule is NCCCCCNC(=O)c1nc[nH]c1C(=O)NCC(=O)OCc1ccccc1. The first kappa shape index (κ1) is 21.1. The number of nitrogens with zero attached hydrogens (tertiary/aromatic N) is 1. The summed E-state index contributed by atoms with van der Waals surface area (Å²) < 4.78 is 5.09. The minimum Gasteiger partial charge on any atom is -0.460 e. The molecule has 0 saturated heterocycles. The van der Waals surface area contributed by atoms with Gasteiger partial charge in [0.1, 0.15) is 18.8 Å². The maximum absolute atomic E-state index is 12.2. The van der Waals surface area contributed by atoms with Crippen LogP contribution in [0.5, 0.6) is 0 Å². The van der Waals surface area contributed by atoms with Crippen LogP contribution in [0.3, 0.4) is 0 Å². The number of unbranched alkanes of at least 4 members (excludes halogenated alkanes) is 2. The lowest BCUT2D eigenvalue weighted by Gasteiger charge is -2.07. The highest BCUT2D eigenvalue weighted by atomic mass is 16.5. The predicted molar refractivity (Wildman–Crippen MR) is 102 cm³/mol. The molecule has 9 heteroatoms. The maximum Gasteiger partial charge on any atom is 0.325 e. The Hall–Kier alpha value is -3.20. The van der Waals surface area contributed by atoms with E-state index in [0.29, 0.717) is 13.1 Å². The van der Waals surface area contributed by atoms with Gasteiger partial charge < -0.3 is 26.1 Å². The second kappa shape index (κ2) is 11.5. The van der Waals surface area contributed by atoms with Gasteiger partial charge in [-0.25, -0.2) is 4.98 Å². The normalized spacial score (nSPS) is 10.3. The molecule has 2 rings (SSSR count). The molecule has 0 aliphatic carbocycles. The Kier molecular flexibility index (Phi) is 8.67. The Balaban J connectivity index is 1.77. The fourth-order valence-electron chi connectivity index (χ4n) is 2.40. The van der Waals surface area contributed by atoms with Crippen molar-refractivity contribution < 1.29 is 19.1 Å². The van der Waals surface area contributed by atoms with Crippen LogP contribution in [0, 0.1) is 0 Å². The smallest absolute Gasteiger partial charge is 0.325 e. The molecule has 28 heavy (non-hydrogen) atoms. The number of hydrogen-bond donors (Lipinski definition) is 4. The van der Waals surface area contributed by atoms with Gasteiger partial charge >= 0.3 is 5.97 Å². The number of aromatic nitrogens is 2. The molecular weight excluding hydrogens is 362 g/mol. The Bertz CT molecular complexity index is 776. The van der Waals surface area contributed by atoms with E-state index in [0.717, 1.165) is 24.8 Å². The number of nitrogens with one attached hydrogen (secondary N) is 3. The molecule has 5 N–H and O–H groups in total. The maximum atomic E-state index is 12.2. The van der Waals surface area contributed by atoms with Crippen molar-refractivity contribution in [3.63, 3.8) is 0 Å². The average molecular weight is 387 g/mol. The minimum atomic E-state index is -0.609. The molecule has 0 radical (unpaired) electrons. The van der Waals surface area contributed by atoms with E-state index in [4.69, 9.17) is 10.5 Å². The monoisotopic (exact) mass is 387 g/mol. The average Bonchev–Trinajstić information content (AvgIpc) is 3.21. The summed E-state index contributed by atoms with van der Waals surface area (Å²) in [4.78, 5) is 42.7. The lowest BCUT2D eigenvalue weighted by Crippen LogP contribution is -2.33. The number of nitrogens with two attached hydrogens (primary N) is 1. The fourth-order valence-corrected chi connectivity index (χ4v) is 2.40. The largest absolute Gasteiger partial charge is 0.460 e. The standard InChI is InChI=1S/C19H25N5O4/c20-9-5-2-6-10-21-18(26)16-17(24-13-23-16)19(27)22-11-15(25)28-12-14-7-3-1-4-8-14/h1,3-4,7-8,13H,2,5-6,9-12,20H2,(H,21,26)(H,22,27)(H,23,24). The number of imidazole rings is 1. The van der Waals surface area contributed by atoms with Crippen LogP contribution in [0.2, 0.25) is 0 Å². The highest BCUT2D eigenvalue weighted by Gasteiger charge is 2.20. The van der Waals surface area contributed by atoms with Crippen molar-refractivity contribution in [1.29, 1.82) is 0 Å². The highest BCUT2D eigenvalue weighted by molar-refractivity contribution is 6.05. The van der Waals surface area contributed by atoms with E-state index < -0.39 is 17.8 Å². The van der Waals surface area contributed by atoms with Crippen molar-refractivity contribution in [2.24, 2.45) is 5.73 Å². The van der Waals surface area contributed by atoms with Crippen LogP contribution in [-0.4, -0.2) is 47.4 Å². The third-order valence-electron chi connectivity index (χ3n) is 3.88. The van der Waals surface area contributed by atoms with Crippen molar-refractivity contribution in [3.8, 4) is 0 Å². The van der Waals surface area contributed by atoms with Crippen LogP contribution >= 0.6 is 0 Å². The van der Waals surface area contributed by atoms with Crippen LogP contribution in [-0.2, 0) is 16.1 Å². The van der Waals surface area contributed by atoms with E-state index in [9.17, 15) is 14.4 Å². The summed E-state index contributed by atoms with van der Waals surface area (Å²) in [7, 11) is 0. The van der Waals surface area contributed by atoms with Crippen LogP contribution < -0.4 is 16.4 Å². The highest BCUT2D eigenvalue weighted by Crippen LogP contribution is 2.04. The Labute approximate surface area is 163 Å². The number of aromatic amines is 1. The van der Waals surface area contributed by atoms with Crippen LogP contribution in [0.25, 0.3) is 0 Å². The zero-order chi connectivity index (χ0) is 20.2. The molecule has 9 nitrogen and oxygen atoms in total. The van der Waals surface area contributed by atoms with Gasteiger partial charge in [-0.1, -0.05) is 36.8 Å². The van der Waals surface area contributed by atoms with Crippen LogP contribution in [0.1, 0.15) is 45.8 Å². The van der Waals surface area contributed by atoms with Gasteiger partial charge in [0.25, 0.3) is 11.8 Å². The van der Waals surface area contributed by atoms with Gasteiger partial charge in [-0.15, -0.1) is 0 Å². The summed E-state index contributed by atoms with van der Waals surface area (Å²) in [5.74, 6) is -1.64. The van der Waals surface area contributed by atoms with E-state index in [-0.39, 0.29) is 24.5 Å². The van der Waals surface area contributed by atoms with Gasteiger partial charge in [0.2, 0.25) is 0 Å². The number of benzene rings is 1. The first-order valence-corrected chi connectivity index (χ1v) is 9.11. The molecule has 1 aromatic heterocycles. The Morgan fingerprint density at radius 3 is 2.57 bits per heavy atom. The summed E-state index contributed by atoms with van der Waals surface area (Å²) in [6.45, 7) is 0.895. The van der Waals surface area contributed by atoms with Crippen molar-refractivity contribution in [2.45, 2.75) is 25.9 Å². The van der Waals surface area contributed by atoms with Crippen molar-refractivity contribution in [2.75, 3.05) is 19.6 Å². The molecule has 0 unspecified atom stereocenters. The molecule has 0 aliphatic rings. The third kappa shape index (κ3) is 6.84. The van der Waals surface area contributed by atoms with Gasteiger partial charge in [-0.05, 0) is 24.9 Å². The molecule has 0 atom stereocenters. The summed E-state index contributed by atoms with van der Waals surface area (Å²) in [5.41, 5.74) is 6.24. The van der Waals surface area contributed by atoms with Crippen LogP contribution in [0.4, 0.5) is 0 Å². The first-order chi connectivity index (χ1) is 13.6. The second-order valence-corrected chi connectivity index (χ2v) is 6.06. The number of esters is 1. The molecule has 0 bridgehead atoms. The topological polar surface area (TPSA) is 139 Å². The van der Waals surface area contributed by atoms with Gasteiger partial charge in [-0.2, -0.15) is 0 Å². The van der Waals surface area contributed by atoms with E-state index in [1.165, 1.54) is 6.33 Å². The number of carbonyl (C=O) groups excluding carboxylic acids is 3. The van der Waals surface area contributed by atoms with Gasteiger partial charge in [0.05, 0.1) is 6.33 Å². The quantitative estimate of drug-likeness (QED) is 0.331. The molecule has 0 saturated carbocycles. The lowest BCUT2D eigenvalue weighted by molar-refractivity contribution is -0.143.